The van der Waals surface area contributed by atoms with Crippen LogP contribution in [0.4, 0.5) is 0 Å². The number of unbranched alkanes of at least 4 members (excludes halogenated alkanes) is 13. The number of hydrogen-bond donors (Lipinski definition) is 2. The van der Waals surface area contributed by atoms with Gasteiger partial charge in [0.15, 0.2) is 0 Å². The van der Waals surface area contributed by atoms with Crippen LogP contribution in [-0.2, 0) is 24.0 Å². The molecule has 8 heteroatoms. The molecule has 2 N–H and O–H groups in total. The maximum atomic E-state index is 12.6. The summed E-state index contributed by atoms with van der Waals surface area (Å²) >= 11 is 0. The first kappa shape index (κ1) is 34.8. The molecule has 39 heavy (non-hydrogen) atoms. The lowest BCUT2D eigenvalue weighted by molar-refractivity contribution is -0.145. The average Bonchev–Trinajstić information content (AvgIpc) is 2.90. The zero-order valence-electron chi connectivity index (χ0n) is 24.3. The number of ketones is 2. The second kappa shape index (κ2) is 21.6. The van der Waals surface area contributed by atoms with Crippen LogP contribution in [0, 0.1) is 11.8 Å². The first-order chi connectivity index (χ1) is 18.7. The van der Waals surface area contributed by atoms with Crippen LogP contribution >= 0.6 is 0 Å². The molecule has 1 amide bonds. The standard InChI is InChI=1S/C31H53NO7/c1-25(33)18-19-27(31(38)39)24-28(34)26-20-22-32(23-21-26)29(35)16-14-12-10-8-6-4-2-3-5-7-9-11-13-15-17-30(36)37/h26-27H,2-24H2,1H3,(H,36,37)(H,38,39)/t27-/m0/s1. The van der Waals surface area contributed by atoms with Gasteiger partial charge in [-0.2, -0.15) is 0 Å². The van der Waals surface area contributed by atoms with Gasteiger partial charge in [-0.1, -0.05) is 77.0 Å². The van der Waals surface area contributed by atoms with Gasteiger partial charge >= 0.3 is 11.9 Å². The summed E-state index contributed by atoms with van der Waals surface area (Å²) in [5.74, 6) is -2.67. The molecule has 0 aromatic heterocycles. The van der Waals surface area contributed by atoms with Crippen molar-refractivity contribution in [2.75, 3.05) is 13.1 Å². The van der Waals surface area contributed by atoms with Gasteiger partial charge in [0.1, 0.15) is 11.6 Å². The fourth-order valence-corrected chi connectivity index (χ4v) is 5.38. The van der Waals surface area contributed by atoms with E-state index in [1.54, 1.807) is 0 Å². The van der Waals surface area contributed by atoms with Crippen molar-refractivity contribution in [1.82, 2.24) is 4.90 Å². The van der Waals surface area contributed by atoms with E-state index in [4.69, 9.17) is 5.11 Å². The zero-order chi connectivity index (χ0) is 28.9. The van der Waals surface area contributed by atoms with Crippen molar-refractivity contribution in [3.63, 3.8) is 0 Å². The molecule has 0 spiro atoms. The highest BCUT2D eigenvalue weighted by Gasteiger charge is 2.30. The number of carbonyl (C=O) groups excluding carboxylic acids is 3. The predicted molar refractivity (Wildman–Crippen MR) is 151 cm³/mol. The molecule has 1 rings (SSSR count). The fourth-order valence-electron chi connectivity index (χ4n) is 5.38. The zero-order valence-corrected chi connectivity index (χ0v) is 24.3. The van der Waals surface area contributed by atoms with Crippen LogP contribution in [0.25, 0.3) is 0 Å². The molecule has 1 saturated heterocycles. The Morgan fingerprint density at radius 1 is 0.667 bits per heavy atom. The van der Waals surface area contributed by atoms with Gasteiger partial charge in [-0.25, -0.2) is 0 Å². The van der Waals surface area contributed by atoms with Crippen LogP contribution in [0.1, 0.15) is 142 Å². The van der Waals surface area contributed by atoms with Gasteiger partial charge in [-0.05, 0) is 39.0 Å². The molecule has 0 aromatic rings. The summed E-state index contributed by atoms with van der Waals surface area (Å²) < 4.78 is 0. The number of rotatable bonds is 24. The number of carbonyl (C=O) groups is 5. The fraction of sp³-hybridized carbons (Fsp3) is 0.839. The van der Waals surface area contributed by atoms with Crippen molar-refractivity contribution in [2.24, 2.45) is 11.8 Å². The van der Waals surface area contributed by atoms with Crippen LogP contribution < -0.4 is 0 Å². The summed E-state index contributed by atoms with van der Waals surface area (Å²) in [5, 5.41) is 18.0. The van der Waals surface area contributed by atoms with Crippen molar-refractivity contribution >= 4 is 29.4 Å². The largest absolute Gasteiger partial charge is 0.481 e. The van der Waals surface area contributed by atoms with Gasteiger partial charge in [0.05, 0.1) is 5.92 Å². The number of Topliss-reactive ketones (excluding diaryl/α,β-unsaturated/α-hetero) is 2. The minimum atomic E-state index is -1.02. The van der Waals surface area contributed by atoms with Crippen molar-refractivity contribution in [3.05, 3.63) is 0 Å². The normalized spacial score (nSPS) is 14.7. The topological polar surface area (TPSA) is 129 Å². The van der Waals surface area contributed by atoms with Gasteiger partial charge in [0.25, 0.3) is 0 Å². The van der Waals surface area contributed by atoms with Crippen molar-refractivity contribution in [3.8, 4) is 0 Å². The van der Waals surface area contributed by atoms with Gasteiger partial charge in [0.2, 0.25) is 5.91 Å². The van der Waals surface area contributed by atoms with E-state index in [9.17, 15) is 29.1 Å². The molecule has 0 bridgehead atoms. The summed E-state index contributed by atoms with van der Waals surface area (Å²) in [5.41, 5.74) is 0. The summed E-state index contributed by atoms with van der Waals surface area (Å²) in [6, 6.07) is 0. The molecule has 0 unspecified atom stereocenters. The Morgan fingerprint density at radius 3 is 1.51 bits per heavy atom. The van der Waals surface area contributed by atoms with Crippen molar-refractivity contribution in [2.45, 2.75) is 142 Å². The van der Waals surface area contributed by atoms with Gasteiger partial charge in [-0.3, -0.25) is 19.2 Å². The molecule has 1 aliphatic heterocycles. The van der Waals surface area contributed by atoms with E-state index < -0.39 is 17.9 Å². The Morgan fingerprint density at radius 2 is 1.10 bits per heavy atom. The number of carboxylic acid groups (broad SMARTS) is 2. The van der Waals surface area contributed by atoms with Gasteiger partial charge in [-0.15, -0.1) is 0 Å². The van der Waals surface area contributed by atoms with Crippen LogP contribution in [-0.4, -0.2) is 57.6 Å². The third kappa shape index (κ3) is 17.9. The molecule has 1 atom stereocenters. The summed E-state index contributed by atoms with van der Waals surface area (Å²) in [7, 11) is 0. The highest BCUT2D eigenvalue weighted by atomic mass is 16.4. The molecule has 0 aliphatic carbocycles. The van der Waals surface area contributed by atoms with E-state index in [-0.39, 0.29) is 42.7 Å². The number of hydrogen-bond acceptors (Lipinski definition) is 5. The number of aliphatic carboxylic acids is 2. The summed E-state index contributed by atoms with van der Waals surface area (Å²) in [4.78, 5) is 60.1. The van der Waals surface area contributed by atoms with Crippen molar-refractivity contribution in [1.29, 1.82) is 0 Å². The lowest BCUT2D eigenvalue weighted by atomic mass is 9.86. The van der Waals surface area contributed by atoms with Crippen LogP contribution in [0.15, 0.2) is 0 Å². The van der Waals surface area contributed by atoms with E-state index in [2.05, 4.69) is 0 Å². The molecule has 1 aliphatic rings. The number of carboxylic acids is 2. The van der Waals surface area contributed by atoms with E-state index in [1.165, 1.54) is 58.3 Å². The Balaban J connectivity index is 2.00. The van der Waals surface area contributed by atoms with E-state index in [1.807, 2.05) is 4.90 Å². The minimum absolute atomic E-state index is 0.0290. The summed E-state index contributed by atoms with van der Waals surface area (Å²) in [6.07, 6.45) is 18.5. The number of likely N-dealkylation sites (tertiary alicyclic amines) is 1. The molecule has 1 heterocycles. The molecule has 1 fully saturated rings. The van der Waals surface area contributed by atoms with E-state index >= 15 is 0 Å². The Hall–Kier alpha value is -2.25. The number of nitrogens with zero attached hydrogens (tertiary/aromatic N) is 1. The SMILES string of the molecule is CC(=O)CC[C@@H](CC(=O)C1CCN(C(=O)CCCCCCCCCCCCCCCCC(=O)O)CC1)C(=O)O. The lowest BCUT2D eigenvalue weighted by Gasteiger charge is -2.31. The first-order valence-corrected chi connectivity index (χ1v) is 15.4. The highest BCUT2D eigenvalue weighted by Crippen LogP contribution is 2.24. The maximum absolute atomic E-state index is 12.6. The van der Waals surface area contributed by atoms with Crippen LogP contribution in [0.2, 0.25) is 0 Å². The quantitative estimate of drug-likeness (QED) is 0.130. The van der Waals surface area contributed by atoms with E-state index in [0.29, 0.717) is 38.8 Å². The molecular weight excluding hydrogens is 498 g/mol. The second-order valence-electron chi connectivity index (χ2n) is 11.4. The minimum Gasteiger partial charge on any atom is -0.481 e. The first-order valence-electron chi connectivity index (χ1n) is 15.4. The Kier molecular flexibility index (Phi) is 19.2. The third-order valence-corrected chi connectivity index (χ3v) is 7.98. The maximum Gasteiger partial charge on any atom is 0.306 e. The Bertz CT molecular complexity index is 743. The van der Waals surface area contributed by atoms with Crippen LogP contribution in [0.5, 0.6) is 0 Å². The van der Waals surface area contributed by atoms with Crippen molar-refractivity contribution < 1.29 is 34.2 Å². The summed E-state index contributed by atoms with van der Waals surface area (Å²) in [6.45, 7) is 2.55. The lowest BCUT2D eigenvalue weighted by Crippen LogP contribution is -2.40. The average molecular weight is 552 g/mol. The van der Waals surface area contributed by atoms with Gasteiger partial charge < -0.3 is 19.9 Å². The number of amides is 1. The molecule has 0 saturated carbocycles. The molecular formula is C31H53NO7. The highest BCUT2D eigenvalue weighted by molar-refractivity contribution is 5.86. The molecule has 224 valence electrons. The second-order valence-corrected chi connectivity index (χ2v) is 11.4. The smallest absolute Gasteiger partial charge is 0.306 e. The molecule has 8 nitrogen and oxygen atoms in total. The number of piperidine rings is 1. The monoisotopic (exact) mass is 551 g/mol. The predicted octanol–water partition coefficient (Wildman–Crippen LogP) is 6.58. The van der Waals surface area contributed by atoms with Gasteiger partial charge in [0, 0.05) is 44.7 Å². The third-order valence-electron chi connectivity index (χ3n) is 7.98. The van der Waals surface area contributed by atoms with Crippen LogP contribution in [0.3, 0.4) is 0 Å². The Labute approximate surface area is 235 Å². The molecule has 0 radical (unpaired) electrons. The molecule has 0 aromatic carbocycles. The van der Waals surface area contributed by atoms with E-state index in [0.717, 1.165) is 38.5 Å².